The number of hydrogen-bond donors (Lipinski definition) is 3. The predicted octanol–water partition coefficient (Wildman–Crippen LogP) is -1.36. The molecule has 0 aromatic carbocycles. The number of hydrazine groups is 1. The summed E-state index contributed by atoms with van der Waals surface area (Å²) in [6.07, 6.45) is 3.95. The first-order valence-corrected chi connectivity index (χ1v) is 5.64. The van der Waals surface area contributed by atoms with Crippen LogP contribution in [-0.2, 0) is 35.4 Å². The van der Waals surface area contributed by atoms with E-state index in [4.69, 9.17) is 5.84 Å². The average molecular weight is 451 g/mol. The Labute approximate surface area is 128 Å². The Bertz CT molecular complexity index is 506. The molecule has 0 bridgehead atoms. The summed E-state index contributed by atoms with van der Waals surface area (Å²) >= 11 is 0. The summed E-state index contributed by atoms with van der Waals surface area (Å²) in [5.41, 5.74) is -0.0242. The first-order valence-electron chi connectivity index (χ1n) is 5.64. The van der Waals surface area contributed by atoms with Crippen molar-refractivity contribution in [3.8, 4) is 0 Å². The molecule has 0 radical (unpaired) electrons. The summed E-state index contributed by atoms with van der Waals surface area (Å²) in [5, 5.41) is 5.33. The van der Waals surface area contributed by atoms with Crippen molar-refractivity contribution in [2.24, 2.45) is 5.84 Å². The standard InChI is InChI=1S/C11H12FN4O3.W/c12-8-5-6(3-4-16(8)13)10(18)14-7-1-2-9(17)15-11(7)19;/h3,7H,1-2,4,13H2,(H,14,18)(H,15,17,19);/q-1;. The van der Waals surface area contributed by atoms with Crippen LogP contribution in [0.25, 0.3) is 0 Å². The van der Waals surface area contributed by atoms with Crippen molar-refractivity contribution in [1.29, 1.82) is 0 Å². The Hall–Kier alpha value is -1.53. The molecule has 108 valence electrons. The van der Waals surface area contributed by atoms with E-state index in [1.807, 2.05) is 0 Å². The Kier molecular flexibility index (Phi) is 5.59. The van der Waals surface area contributed by atoms with E-state index in [1.165, 1.54) is 6.08 Å². The Morgan fingerprint density at radius 2 is 2.25 bits per heavy atom. The number of nitrogens with one attached hydrogen (secondary N) is 2. The van der Waals surface area contributed by atoms with Crippen LogP contribution < -0.4 is 16.5 Å². The van der Waals surface area contributed by atoms with Gasteiger partial charge in [-0.2, -0.15) is 6.08 Å². The number of piperidine rings is 1. The normalized spacial score (nSPS) is 22.3. The predicted molar refractivity (Wildman–Crippen MR) is 61.2 cm³/mol. The second-order valence-electron chi connectivity index (χ2n) is 4.16. The van der Waals surface area contributed by atoms with Crippen molar-refractivity contribution in [1.82, 2.24) is 15.6 Å². The maximum absolute atomic E-state index is 13.2. The third-order valence-electron chi connectivity index (χ3n) is 2.77. The Balaban J connectivity index is 0.00000200. The van der Waals surface area contributed by atoms with Crippen LogP contribution in [-0.4, -0.2) is 35.3 Å². The van der Waals surface area contributed by atoms with Crippen molar-refractivity contribution in [3.05, 3.63) is 23.7 Å². The third kappa shape index (κ3) is 3.74. The topological polar surface area (TPSA) is 105 Å². The van der Waals surface area contributed by atoms with E-state index in [-0.39, 0.29) is 51.9 Å². The molecule has 1 fully saturated rings. The van der Waals surface area contributed by atoms with Gasteiger partial charge in [0.2, 0.25) is 11.8 Å². The molecule has 1 unspecified atom stereocenters. The number of amides is 3. The van der Waals surface area contributed by atoms with Crippen molar-refractivity contribution in [2.75, 3.05) is 6.54 Å². The molecule has 20 heavy (non-hydrogen) atoms. The minimum Gasteiger partial charge on any atom is -0.394 e. The molecule has 0 aromatic heterocycles. The minimum absolute atomic E-state index is 0. The number of nitrogens with two attached hydrogens (primary N) is 1. The number of carbonyl (C=O) groups excluding carboxylic acids is 3. The van der Waals surface area contributed by atoms with Gasteiger partial charge in [0.1, 0.15) is 11.9 Å². The van der Waals surface area contributed by atoms with Gasteiger partial charge in [0, 0.05) is 34.0 Å². The molecule has 0 spiro atoms. The van der Waals surface area contributed by atoms with E-state index >= 15 is 0 Å². The maximum Gasteiger partial charge on any atom is 0.248 e. The summed E-state index contributed by atoms with van der Waals surface area (Å²) in [4.78, 5) is 34.2. The van der Waals surface area contributed by atoms with Crippen LogP contribution in [0.4, 0.5) is 4.39 Å². The van der Waals surface area contributed by atoms with Gasteiger partial charge in [-0.15, -0.1) is 11.6 Å². The van der Waals surface area contributed by atoms with E-state index < -0.39 is 23.8 Å². The minimum atomic E-state index is -0.851. The van der Waals surface area contributed by atoms with Crippen LogP contribution in [0, 0.1) is 6.08 Å². The number of nitrogens with zero attached hydrogens (tertiary/aromatic N) is 1. The number of carbonyl (C=O) groups is 3. The molecule has 7 nitrogen and oxygen atoms in total. The zero-order valence-electron chi connectivity index (χ0n) is 10.3. The summed E-state index contributed by atoms with van der Waals surface area (Å²) < 4.78 is 13.2. The van der Waals surface area contributed by atoms with Gasteiger partial charge < -0.3 is 15.1 Å². The summed E-state index contributed by atoms with van der Waals surface area (Å²) in [7, 11) is 0. The van der Waals surface area contributed by atoms with Crippen molar-refractivity contribution in [3.63, 3.8) is 0 Å². The molecular formula is C11H12FN4O3W-. The fraction of sp³-hybridized carbons (Fsp3) is 0.364. The average Bonchev–Trinajstić information content (AvgIpc) is 2.36. The van der Waals surface area contributed by atoms with Gasteiger partial charge in [-0.25, -0.2) is 10.2 Å². The SMILES string of the molecule is NN1CC=C(C(=O)NC2CCC(=O)NC2=O)[C-]=C1F.[W]. The molecule has 2 rings (SSSR count). The third-order valence-corrected chi connectivity index (χ3v) is 2.77. The number of imide groups is 1. The summed E-state index contributed by atoms with van der Waals surface area (Å²) in [6, 6.07) is -0.799. The van der Waals surface area contributed by atoms with E-state index in [0.717, 1.165) is 5.01 Å². The van der Waals surface area contributed by atoms with Gasteiger partial charge in [0.15, 0.2) is 0 Å². The molecule has 4 N–H and O–H groups in total. The number of hydrogen-bond acceptors (Lipinski definition) is 5. The molecule has 0 saturated carbocycles. The van der Waals surface area contributed by atoms with E-state index in [1.54, 1.807) is 0 Å². The second-order valence-corrected chi connectivity index (χ2v) is 4.16. The van der Waals surface area contributed by atoms with Crippen molar-refractivity contribution >= 4 is 17.7 Å². The summed E-state index contributed by atoms with van der Waals surface area (Å²) in [6.45, 7) is 0.0386. The molecule has 1 atom stereocenters. The first-order chi connectivity index (χ1) is 8.97. The van der Waals surface area contributed by atoms with Crippen LogP contribution in [0.5, 0.6) is 0 Å². The molecule has 1 saturated heterocycles. The quantitative estimate of drug-likeness (QED) is 0.208. The number of halogens is 1. The Morgan fingerprint density at radius 1 is 1.55 bits per heavy atom. The first kappa shape index (κ1) is 16.5. The molecule has 2 heterocycles. The van der Waals surface area contributed by atoms with Gasteiger partial charge in [-0.1, -0.05) is 0 Å². The Morgan fingerprint density at radius 3 is 2.85 bits per heavy atom. The van der Waals surface area contributed by atoms with E-state index in [2.05, 4.69) is 16.7 Å². The summed E-state index contributed by atoms with van der Waals surface area (Å²) in [5.74, 6) is 2.83. The van der Waals surface area contributed by atoms with Crippen LogP contribution in [0.3, 0.4) is 0 Å². The van der Waals surface area contributed by atoms with E-state index in [9.17, 15) is 18.8 Å². The molecule has 2 aliphatic rings. The van der Waals surface area contributed by atoms with Crippen LogP contribution in [0.15, 0.2) is 17.6 Å². The fourth-order valence-electron chi connectivity index (χ4n) is 1.72. The smallest absolute Gasteiger partial charge is 0.248 e. The number of rotatable bonds is 2. The molecule has 3 amide bonds. The van der Waals surface area contributed by atoms with Gasteiger partial charge in [-0.05, 0) is 6.42 Å². The van der Waals surface area contributed by atoms with Crippen molar-refractivity contribution < 1.29 is 39.8 Å². The zero-order chi connectivity index (χ0) is 14.0. The van der Waals surface area contributed by atoms with Gasteiger partial charge in [0.05, 0.1) is 6.04 Å². The molecular weight excluding hydrogens is 439 g/mol. The van der Waals surface area contributed by atoms with Gasteiger partial charge >= 0.3 is 0 Å². The van der Waals surface area contributed by atoms with Crippen LogP contribution >= 0.6 is 0 Å². The second kappa shape index (κ2) is 6.76. The zero-order valence-corrected chi connectivity index (χ0v) is 13.2. The van der Waals surface area contributed by atoms with Crippen molar-refractivity contribution in [2.45, 2.75) is 18.9 Å². The molecule has 0 aromatic rings. The molecule has 9 heteroatoms. The molecule has 2 aliphatic heterocycles. The van der Waals surface area contributed by atoms with Crippen LogP contribution in [0.2, 0.25) is 0 Å². The van der Waals surface area contributed by atoms with Gasteiger partial charge in [-0.3, -0.25) is 14.9 Å². The van der Waals surface area contributed by atoms with E-state index in [0.29, 0.717) is 0 Å². The van der Waals surface area contributed by atoms with Crippen LogP contribution in [0.1, 0.15) is 12.8 Å². The largest absolute Gasteiger partial charge is 0.394 e. The fourth-order valence-corrected chi connectivity index (χ4v) is 1.72. The monoisotopic (exact) mass is 451 g/mol. The van der Waals surface area contributed by atoms with Gasteiger partial charge in [0.25, 0.3) is 0 Å². The molecule has 0 aliphatic carbocycles. The maximum atomic E-state index is 13.2.